The van der Waals surface area contributed by atoms with Gasteiger partial charge in [-0.1, -0.05) is 19.1 Å². The van der Waals surface area contributed by atoms with Gasteiger partial charge in [-0.3, -0.25) is 4.79 Å². The minimum absolute atomic E-state index is 0.248. The molecular formula is C22H26N2O4S. The first-order valence-corrected chi connectivity index (χ1v) is 11.1. The molecule has 1 saturated heterocycles. The average molecular weight is 415 g/mol. The first-order chi connectivity index (χ1) is 13.9. The lowest BCUT2D eigenvalue weighted by Crippen LogP contribution is -2.39. The highest BCUT2D eigenvalue weighted by molar-refractivity contribution is 7.89. The lowest BCUT2D eigenvalue weighted by atomic mass is 10.0. The van der Waals surface area contributed by atoms with Gasteiger partial charge in [-0.15, -0.1) is 0 Å². The Hall–Kier alpha value is -2.64. The summed E-state index contributed by atoms with van der Waals surface area (Å²) >= 11 is 0. The van der Waals surface area contributed by atoms with E-state index in [4.69, 9.17) is 4.74 Å². The van der Waals surface area contributed by atoms with E-state index in [0.717, 1.165) is 24.2 Å². The summed E-state index contributed by atoms with van der Waals surface area (Å²) in [5.74, 6) is 0.830. The fraction of sp³-hybridized carbons (Fsp3) is 0.318. The molecule has 1 N–H and O–H groups in total. The maximum absolute atomic E-state index is 12.8. The van der Waals surface area contributed by atoms with Gasteiger partial charge in [0.15, 0.2) is 0 Å². The summed E-state index contributed by atoms with van der Waals surface area (Å²) in [4.78, 5) is 12.4. The van der Waals surface area contributed by atoms with Crippen molar-refractivity contribution in [3.05, 3.63) is 60.2 Å². The molecular weight excluding hydrogens is 388 g/mol. The first-order valence-electron chi connectivity index (χ1n) is 9.62. The van der Waals surface area contributed by atoms with Crippen LogP contribution in [0.2, 0.25) is 0 Å². The highest BCUT2D eigenvalue weighted by Gasteiger charge is 2.28. The van der Waals surface area contributed by atoms with Gasteiger partial charge >= 0.3 is 0 Å². The van der Waals surface area contributed by atoms with Gasteiger partial charge in [0.1, 0.15) is 5.75 Å². The van der Waals surface area contributed by atoms with Gasteiger partial charge in [-0.2, -0.15) is 4.31 Å². The number of methoxy groups -OCH3 is 1. The summed E-state index contributed by atoms with van der Waals surface area (Å²) in [5, 5.41) is 2.74. The molecule has 3 rings (SSSR count). The summed E-state index contributed by atoms with van der Waals surface area (Å²) in [6.45, 7) is 3.18. The van der Waals surface area contributed by atoms with Crippen LogP contribution >= 0.6 is 0 Å². The molecule has 6 nitrogen and oxygen atoms in total. The van der Waals surface area contributed by atoms with Crippen LogP contribution < -0.4 is 10.1 Å². The van der Waals surface area contributed by atoms with Crippen molar-refractivity contribution in [2.45, 2.75) is 24.7 Å². The summed E-state index contributed by atoms with van der Waals surface area (Å²) in [7, 11) is -1.90. The zero-order valence-corrected chi connectivity index (χ0v) is 17.5. The summed E-state index contributed by atoms with van der Waals surface area (Å²) in [6, 6.07) is 13.6. The Morgan fingerprint density at radius 1 is 1.14 bits per heavy atom. The third kappa shape index (κ3) is 5.46. The predicted molar refractivity (Wildman–Crippen MR) is 114 cm³/mol. The van der Waals surface area contributed by atoms with E-state index < -0.39 is 10.0 Å². The van der Waals surface area contributed by atoms with Crippen molar-refractivity contribution >= 4 is 27.7 Å². The molecule has 1 aliphatic rings. The van der Waals surface area contributed by atoms with Crippen molar-refractivity contribution in [1.82, 2.24) is 4.31 Å². The molecule has 1 fully saturated rings. The molecule has 154 valence electrons. The van der Waals surface area contributed by atoms with Gasteiger partial charge in [0, 0.05) is 24.9 Å². The number of nitrogens with zero attached hydrogens (tertiary/aromatic N) is 1. The second-order valence-corrected chi connectivity index (χ2v) is 9.17. The Kier molecular flexibility index (Phi) is 6.71. The molecule has 0 radical (unpaired) electrons. The topological polar surface area (TPSA) is 75.7 Å². The summed E-state index contributed by atoms with van der Waals surface area (Å²) in [6.07, 6.45) is 5.07. The van der Waals surface area contributed by atoms with E-state index in [2.05, 4.69) is 12.2 Å². The molecule has 0 aromatic heterocycles. The number of ether oxygens (including phenoxy) is 1. The van der Waals surface area contributed by atoms with E-state index in [1.807, 2.05) is 24.3 Å². The number of anilines is 1. The number of amides is 1. The minimum Gasteiger partial charge on any atom is -0.497 e. The fourth-order valence-electron chi connectivity index (χ4n) is 3.29. The van der Waals surface area contributed by atoms with Crippen molar-refractivity contribution < 1.29 is 17.9 Å². The largest absolute Gasteiger partial charge is 0.497 e. The van der Waals surface area contributed by atoms with E-state index in [9.17, 15) is 13.2 Å². The number of rotatable bonds is 6. The summed E-state index contributed by atoms with van der Waals surface area (Å²) in [5.41, 5.74) is 1.42. The molecule has 1 amide bonds. The molecule has 2 aromatic rings. The maximum atomic E-state index is 12.8. The lowest BCUT2D eigenvalue weighted by molar-refractivity contribution is -0.111. The fourth-order valence-corrected chi connectivity index (χ4v) is 4.89. The van der Waals surface area contributed by atoms with Crippen LogP contribution in [0, 0.1) is 5.92 Å². The third-order valence-corrected chi connectivity index (χ3v) is 6.80. The van der Waals surface area contributed by atoms with E-state index >= 15 is 0 Å². The maximum Gasteiger partial charge on any atom is 0.248 e. The number of nitrogens with one attached hydrogen (secondary N) is 1. The second-order valence-electron chi connectivity index (χ2n) is 7.23. The normalized spacial score (nSPS) is 17.9. The number of piperidine rings is 1. The Labute approximate surface area is 172 Å². The highest BCUT2D eigenvalue weighted by Crippen LogP contribution is 2.24. The standard InChI is InChI=1S/C22H26N2O4S/c1-17-4-3-15-24(16-17)29(26,27)21-12-8-19(9-13-21)23-22(25)14-7-18-5-10-20(28-2)11-6-18/h5-14,17H,3-4,15-16H2,1-2H3,(H,23,25). The molecule has 1 unspecified atom stereocenters. The van der Waals surface area contributed by atoms with Crippen LogP contribution in [-0.2, 0) is 14.8 Å². The molecule has 1 atom stereocenters. The Bertz CT molecular complexity index is 967. The van der Waals surface area contributed by atoms with Crippen LogP contribution in [0.4, 0.5) is 5.69 Å². The number of carbonyl (C=O) groups is 1. The Balaban J connectivity index is 1.62. The third-order valence-electron chi connectivity index (χ3n) is 4.92. The number of benzene rings is 2. The lowest BCUT2D eigenvalue weighted by Gasteiger charge is -2.30. The minimum atomic E-state index is -3.50. The predicted octanol–water partition coefficient (Wildman–Crippen LogP) is 3.77. The SMILES string of the molecule is COc1ccc(C=CC(=O)Nc2ccc(S(=O)(=O)N3CCCC(C)C3)cc2)cc1. The van der Waals surface area contributed by atoms with Crippen molar-refractivity contribution in [2.24, 2.45) is 5.92 Å². The van der Waals surface area contributed by atoms with Crippen molar-refractivity contribution in [3.8, 4) is 5.75 Å². The average Bonchev–Trinajstić information content (AvgIpc) is 2.73. The van der Waals surface area contributed by atoms with Crippen LogP contribution in [0.3, 0.4) is 0 Å². The van der Waals surface area contributed by atoms with Crippen LogP contribution in [0.15, 0.2) is 59.5 Å². The van der Waals surface area contributed by atoms with E-state index in [1.54, 1.807) is 29.6 Å². The Morgan fingerprint density at radius 3 is 2.45 bits per heavy atom. The second kappa shape index (κ2) is 9.24. The molecule has 29 heavy (non-hydrogen) atoms. The molecule has 7 heteroatoms. The van der Waals surface area contributed by atoms with Crippen LogP contribution in [0.5, 0.6) is 5.75 Å². The van der Waals surface area contributed by atoms with Gasteiger partial charge < -0.3 is 10.1 Å². The monoisotopic (exact) mass is 414 g/mol. The molecule has 1 aliphatic heterocycles. The number of sulfonamides is 1. The van der Waals surface area contributed by atoms with Crippen LogP contribution in [0.25, 0.3) is 6.08 Å². The van der Waals surface area contributed by atoms with Crippen LogP contribution in [-0.4, -0.2) is 38.8 Å². The number of carbonyl (C=O) groups excluding carboxylic acids is 1. The molecule has 0 spiro atoms. The van der Waals surface area contributed by atoms with E-state index in [0.29, 0.717) is 24.7 Å². The molecule has 0 bridgehead atoms. The molecule has 0 aliphatic carbocycles. The van der Waals surface area contributed by atoms with Gasteiger partial charge in [0.05, 0.1) is 12.0 Å². The smallest absolute Gasteiger partial charge is 0.248 e. The molecule has 2 aromatic carbocycles. The van der Waals surface area contributed by atoms with E-state index in [-0.39, 0.29) is 10.8 Å². The zero-order chi connectivity index (χ0) is 20.9. The summed E-state index contributed by atoms with van der Waals surface area (Å²) < 4.78 is 32.2. The number of hydrogen-bond donors (Lipinski definition) is 1. The van der Waals surface area contributed by atoms with E-state index in [1.165, 1.54) is 18.2 Å². The highest BCUT2D eigenvalue weighted by atomic mass is 32.2. The quantitative estimate of drug-likeness (QED) is 0.730. The van der Waals surface area contributed by atoms with Crippen molar-refractivity contribution in [2.75, 3.05) is 25.5 Å². The van der Waals surface area contributed by atoms with Crippen molar-refractivity contribution in [1.29, 1.82) is 0 Å². The molecule has 1 heterocycles. The van der Waals surface area contributed by atoms with Gasteiger partial charge in [0.25, 0.3) is 0 Å². The van der Waals surface area contributed by atoms with Gasteiger partial charge in [-0.05, 0) is 66.8 Å². The van der Waals surface area contributed by atoms with Gasteiger partial charge in [-0.25, -0.2) is 8.42 Å². The molecule has 0 saturated carbocycles. The Morgan fingerprint density at radius 2 is 1.83 bits per heavy atom. The number of hydrogen-bond acceptors (Lipinski definition) is 4. The first kappa shape index (κ1) is 21.1. The van der Waals surface area contributed by atoms with Crippen molar-refractivity contribution in [3.63, 3.8) is 0 Å². The van der Waals surface area contributed by atoms with Gasteiger partial charge in [0.2, 0.25) is 15.9 Å². The zero-order valence-electron chi connectivity index (χ0n) is 16.7. The van der Waals surface area contributed by atoms with Crippen LogP contribution in [0.1, 0.15) is 25.3 Å².